The lowest BCUT2D eigenvalue weighted by Gasteiger charge is -2.21. The maximum atomic E-state index is 5.71. The Balaban J connectivity index is 3.66. The molecular weight excluding hydrogens is 204 g/mol. The Morgan fingerprint density at radius 3 is 1.53 bits per heavy atom. The average molecular weight is 228 g/mol. The first-order valence-electron chi connectivity index (χ1n) is 5.70. The highest BCUT2D eigenvalue weighted by Crippen LogP contribution is 2.06. The molecular formula is C12H24O2Si. The zero-order valence-electron chi connectivity index (χ0n) is 10.5. The Kier molecular flexibility index (Phi) is 8.66. The second-order valence-electron chi connectivity index (χ2n) is 3.78. The third-order valence-electron chi connectivity index (χ3n) is 1.86. The first-order valence-corrected chi connectivity index (χ1v) is 8.52. The molecule has 0 radical (unpaired) electrons. The lowest BCUT2D eigenvalue weighted by Crippen LogP contribution is -2.34. The Bertz CT molecular complexity index is 178. The molecule has 2 nitrogen and oxygen atoms in total. The molecule has 0 amide bonds. The summed E-state index contributed by atoms with van der Waals surface area (Å²) in [5, 5.41) is 0. The average Bonchev–Trinajstić information content (AvgIpc) is 2.20. The summed E-state index contributed by atoms with van der Waals surface area (Å²) in [5.74, 6) is 0. The van der Waals surface area contributed by atoms with Crippen molar-refractivity contribution in [3.63, 3.8) is 0 Å². The molecule has 15 heavy (non-hydrogen) atoms. The molecule has 0 N–H and O–H groups in total. The second kappa shape index (κ2) is 8.89. The van der Waals surface area contributed by atoms with E-state index in [9.17, 15) is 0 Å². The van der Waals surface area contributed by atoms with Gasteiger partial charge in [-0.3, -0.25) is 0 Å². The van der Waals surface area contributed by atoms with E-state index in [1.807, 2.05) is 0 Å². The molecule has 3 heteroatoms. The lowest BCUT2D eigenvalue weighted by atomic mass is 10.4. The maximum Gasteiger partial charge on any atom is 0.332 e. The number of hydrogen-bond acceptors (Lipinski definition) is 2. The first-order chi connectivity index (χ1) is 7.12. The van der Waals surface area contributed by atoms with Crippen LogP contribution in [0.2, 0.25) is 13.1 Å². The number of rotatable bonds is 8. The predicted molar refractivity (Wildman–Crippen MR) is 68.2 cm³/mol. The molecule has 0 rings (SSSR count). The van der Waals surface area contributed by atoms with E-state index >= 15 is 0 Å². The Morgan fingerprint density at radius 2 is 1.20 bits per heavy atom. The van der Waals surface area contributed by atoms with Crippen molar-refractivity contribution in [1.29, 1.82) is 0 Å². The van der Waals surface area contributed by atoms with E-state index in [4.69, 9.17) is 8.85 Å². The summed E-state index contributed by atoms with van der Waals surface area (Å²) in [6, 6.07) is 0. The molecule has 0 aliphatic rings. The minimum Gasteiger partial charge on any atom is -0.391 e. The van der Waals surface area contributed by atoms with Gasteiger partial charge >= 0.3 is 8.56 Å². The van der Waals surface area contributed by atoms with Gasteiger partial charge in [-0.15, -0.1) is 0 Å². The van der Waals surface area contributed by atoms with Crippen molar-refractivity contribution in [2.45, 2.75) is 39.8 Å². The van der Waals surface area contributed by atoms with Gasteiger partial charge in [0, 0.05) is 0 Å². The zero-order chi connectivity index (χ0) is 11.6. The van der Waals surface area contributed by atoms with Crippen molar-refractivity contribution in [2.75, 3.05) is 13.2 Å². The standard InChI is InChI=1S/C12H24O2Si/c1-5-7-9-11-13-15(3,4)14-12-10-8-6-2/h7-10H,5-6,11-12H2,1-4H3. The molecule has 0 unspecified atom stereocenters. The van der Waals surface area contributed by atoms with Crippen LogP contribution in [0.15, 0.2) is 24.3 Å². The molecule has 0 saturated carbocycles. The normalized spacial score (nSPS) is 13.1. The van der Waals surface area contributed by atoms with Crippen LogP contribution in [-0.4, -0.2) is 21.8 Å². The van der Waals surface area contributed by atoms with Gasteiger partial charge in [-0.2, -0.15) is 0 Å². The first kappa shape index (κ1) is 14.6. The molecule has 0 saturated heterocycles. The van der Waals surface area contributed by atoms with Gasteiger partial charge < -0.3 is 8.85 Å². The van der Waals surface area contributed by atoms with Crippen LogP contribution in [0, 0.1) is 0 Å². The fourth-order valence-corrected chi connectivity index (χ4v) is 2.09. The highest BCUT2D eigenvalue weighted by Gasteiger charge is 2.22. The van der Waals surface area contributed by atoms with Crippen LogP contribution in [0.25, 0.3) is 0 Å². The monoisotopic (exact) mass is 228 g/mol. The molecule has 0 aliphatic carbocycles. The van der Waals surface area contributed by atoms with Gasteiger partial charge in [0.05, 0.1) is 13.2 Å². The topological polar surface area (TPSA) is 18.5 Å². The number of allylic oxidation sites excluding steroid dienone is 2. The summed E-state index contributed by atoms with van der Waals surface area (Å²) in [6.07, 6.45) is 10.5. The summed E-state index contributed by atoms with van der Waals surface area (Å²) < 4.78 is 11.4. The van der Waals surface area contributed by atoms with E-state index in [1.165, 1.54) is 0 Å². The summed E-state index contributed by atoms with van der Waals surface area (Å²) in [6.45, 7) is 9.73. The van der Waals surface area contributed by atoms with E-state index in [-0.39, 0.29) is 0 Å². The molecule has 0 heterocycles. The Morgan fingerprint density at radius 1 is 0.800 bits per heavy atom. The van der Waals surface area contributed by atoms with Gasteiger partial charge in [0.2, 0.25) is 0 Å². The summed E-state index contributed by atoms with van der Waals surface area (Å²) in [4.78, 5) is 0. The minimum atomic E-state index is -1.91. The number of hydrogen-bond donors (Lipinski definition) is 0. The molecule has 0 spiro atoms. The predicted octanol–water partition coefficient (Wildman–Crippen LogP) is 3.65. The van der Waals surface area contributed by atoms with Crippen molar-refractivity contribution >= 4 is 8.56 Å². The summed E-state index contributed by atoms with van der Waals surface area (Å²) in [7, 11) is -1.91. The van der Waals surface area contributed by atoms with Crippen LogP contribution < -0.4 is 0 Å². The minimum absolute atomic E-state index is 0.671. The molecule has 0 fully saturated rings. The molecule has 88 valence electrons. The highest BCUT2D eigenvalue weighted by atomic mass is 28.4. The third-order valence-corrected chi connectivity index (χ3v) is 3.58. The van der Waals surface area contributed by atoms with E-state index in [0.29, 0.717) is 13.2 Å². The van der Waals surface area contributed by atoms with Gasteiger partial charge in [0.25, 0.3) is 0 Å². The van der Waals surface area contributed by atoms with Gasteiger partial charge in [0.15, 0.2) is 0 Å². The summed E-state index contributed by atoms with van der Waals surface area (Å²) in [5.41, 5.74) is 0. The fourth-order valence-electron chi connectivity index (χ4n) is 1.01. The van der Waals surface area contributed by atoms with Gasteiger partial charge in [-0.25, -0.2) is 0 Å². The van der Waals surface area contributed by atoms with Crippen LogP contribution in [0.5, 0.6) is 0 Å². The quantitative estimate of drug-likeness (QED) is 0.466. The van der Waals surface area contributed by atoms with Gasteiger partial charge in [0.1, 0.15) is 0 Å². The SMILES string of the molecule is CCC=CCO[Si](C)(C)OCC=CCC. The van der Waals surface area contributed by atoms with Crippen LogP contribution >= 0.6 is 0 Å². The lowest BCUT2D eigenvalue weighted by molar-refractivity contribution is 0.213. The van der Waals surface area contributed by atoms with Crippen molar-refractivity contribution in [1.82, 2.24) is 0 Å². The molecule has 0 aliphatic heterocycles. The Labute approximate surface area is 95.2 Å². The molecule has 0 atom stereocenters. The van der Waals surface area contributed by atoms with Crippen LogP contribution in [0.4, 0.5) is 0 Å². The van der Waals surface area contributed by atoms with E-state index in [0.717, 1.165) is 12.8 Å². The highest BCUT2D eigenvalue weighted by molar-refractivity contribution is 6.64. The molecule has 0 aromatic carbocycles. The van der Waals surface area contributed by atoms with Gasteiger partial charge in [-0.1, -0.05) is 38.2 Å². The van der Waals surface area contributed by atoms with Crippen molar-refractivity contribution in [2.24, 2.45) is 0 Å². The van der Waals surface area contributed by atoms with Gasteiger partial charge in [-0.05, 0) is 25.9 Å². The van der Waals surface area contributed by atoms with E-state index in [2.05, 4.69) is 51.2 Å². The molecule has 0 aromatic heterocycles. The van der Waals surface area contributed by atoms with Crippen molar-refractivity contribution in [3.8, 4) is 0 Å². The summed E-state index contributed by atoms with van der Waals surface area (Å²) >= 11 is 0. The van der Waals surface area contributed by atoms with E-state index in [1.54, 1.807) is 0 Å². The van der Waals surface area contributed by atoms with Crippen molar-refractivity contribution < 1.29 is 8.85 Å². The molecule has 0 aromatic rings. The van der Waals surface area contributed by atoms with Crippen LogP contribution in [-0.2, 0) is 8.85 Å². The zero-order valence-corrected chi connectivity index (χ0v) is 11.5. The second-order valence-corrected chi connectivity index (χ2v) is 7.16. The van der Waals surface area contributed by atoms with E-state index < -0.39 is 8.56 Å². The maximum absolute atomic E-state index is 5.71. The third kappa shape index (κ3) is 9.91. The largest absolute Gasteiger partial charge is 0.391 e. The molecule has 0 bridgehead atoms. The van der Waals surface area contributed by atoms with Crippen LogP contribution in [0.3, 0.4) is 0 Å². The smallest absolute Gasteiger partial charge is 0.332 e. The van der Waals surface area contributed by atoms with Crippen molar-refractivity contribution in [3.05, 3.63) is 24.3 Å². The van der Waals surface area contributed by atoms with Crippen LogP contribution in [0.1, 0.15) is 26.7 Å². The Hall–Kier alpha value is -0.383. The fraction of sp³-hybridized carbons (Fsp3) is 0.667.